The van der Waals surface area contributed by atoms with Crippen LogP contribution in [0.3, 0.4) is 0 Å². The molecule has 0 aliphatic carbocycles. The maximum Gasteiger partial charge on any atom is 0.268 e. The summed E-state index contributed by atoms with van der Waals surface area (Å²) in [6.07, 6.45) is 1.43. The number of nitrogens with zero attached hydrogens (tertiary/aromatic N) is 1. The zero-order valence-corrected chi connectivity index (χ0v) is 12.5. The Bertz CT molecular complexity index is 888. The van der Waals surface area contributed by atoms with E-state index in [1.165, 1.54) is 24.4 Å². The maximum absolute atomic E-state index is 13.6. The van der Waals surface area contributed by atoms with Crippen molar-refractivity contribution in [3.8, 4) is 0 Å². The molecule has 0 amide bonds. The predicted molar refractivity (Wildman–Crippen MR) is 78.6 cm³/mol. The summed E-state index contributed by atoms with van der Waals surface area (Å²) in [7, 11) is -3.72. The number of aromatic nitrogens is 1. The van der Waals surface area contributed by atoms with Crippen molar-refractivity contribution in [1.82, 2.24) is 3.97 Å². The van der Waals surface area contributed by atoms with Crippen molar-refractivity contribution in [2.75, 3.05) is 0 Å². The topological polar surface area (TPSA) is 39.1 Å². The Morgan fingerprint density at radius 2 is 1.75 bits per heavy atom. The normalized spacial score (nSPS) is 11.9. The van der Waals surface area contributed by atoms with E-state index in [4.69, 9.17) is 0 Å². The van der Waals surface area contributed by atoms with Gasteiger partial charge in [-0.25, -0.2) is 16.8 Å². The van der Waals surface area contributed by atoms with E-state index in [1.54, 1.807) is 30.3 Å². The van der Waals surface area contributed by atoms with Crippen molar-refractivity contribution in [2.45, 2.75) is 4.90 Å². The second kappa shape index (κ2) is 4.71. The minimum atomic E-state index is -3.72. The van der Waals surface area contributed by atoms with Crippen LogP contribution in [-0.4, -0.2) is 12.4 Å². The Kier molecular flexibility index (Phi) is 3.14. The van der Waals surface area contributed by atoms with E-state index < -0.39 is 15.8 Å². The Labute approximate surface area is 123 Å². The Morgan fingerprint density at radius 3 is 2.45 bits per heavy atom. The van der Waals surface area contributed by atoms with Gasteiger partial charge in [-0.15, -0.1) is 0 Å². The number of rotatable bonds is 2. The fraction of sp³-hybridized carbons (Fsp3) is 0. The smallest absolute Gasteiger partial charge is 0.241 e. The van der Waals surface area contributed by atoms with Crippen molar-refractivity contribution in [1.29, 1.82) is 0 Å². The van der Waals surface area contributed by atoms with Gasteiger partial charge in [0.15, 0.2) is 0 Å². The second-order valence-corrected chi connectivity index (χ2v) is 6.92. The highest BCUT2D eigenvalue weighted by Gasteiger charge is 2.19. The minimum Gasteiger partial charge on any atom is -0.241 e. The number of fused-ring (bicyclic) bond motifs is 1. The molecule has 102 valence electrons. The van der Waals surface area contributed by atoms with Crippen molar-refractivity contribution >= 4 is 36.9 Å². The minimum absolute atomic E-state index is 0.167. The van der Waals surface area contributed by atoms with E-state index in [0.29, 0.717) is 15.4 Å². The number of benzene rings is 2. The van der Waals surface area contributed by atoms with Crippen LogP contribution < -0.4 is 0 Å². The largest absolute Gasteiger partial charge is 0.268 e. The van der Waals surface area contributed by atoms with Crippen LogP contribution >= 0.6 is 15.9 Å². The van der Waals surface area contributed by atoms with Crippen molar-refractivity contribution in [2.24, 2.45) is 0 Å². The number of halogens is 2. The standard InChI is InChI=1S/C14H9BrFNO2S/c15-12-8-10-6-7-17(14(10)9-13(12)16)20(18,19)11-4-2-1-3-5-11/h1-9H. The predicted octanol–water partition coefficient (Wildman–Crippen LogP) is 3.78. The fourth-order valence-electron chi connectivity index (χ4n) is 2.02. The van der Waals surface area contributed by atoms with Gasteiger partial charge in [0.1, 0.15) is 5.82 Å². The van der Waals surface area contributed by atoms with E-state index >= 15 is 0 Å². The molecule has 0 radical (unpaired) electrons. The molecule has 1 aromatic heterocycles. The van der Waals surface area contributed by atoms with Gasteiger partial charge in [-0.2, -0.15) is 0 Å². The van der Waals surface area contributed by atoms with Gasteiger partial charge in [0.2, 0.25) is 0 Å². The third kappa shape index (κ3) is 2.05. The molecule has 0 N–H and O–H groups in total. The molecule has 3 aromatic rings. The monoisotopic (exact) mass is 353 g/mol. The van der Waals surface area contributed by atoms with E-state index in [2.05, 4.69) is 15.9 Å². The van der Waals surface area contributed by atoms with Gasteiger partial charge < -0.3 is 0 Å². The summed E-state index contributed by atoms with van der Waals surface area (Å²) in [5.41, 5.74) is 0.314. The maximum atomic E-state index is 13.6. The molecule has 0 bridgehead atoms. The molecule has 3 rings (SSSR count). The summed E-state index contributed by atoms with van der Waals surface area (Å²) in [6, 6.07) is 12.5. The molecule has 0 saturated carbocycles. The highest BCUT2D eigenvalue weighted by Crippen LogP contribution is 2.27. The zero-order valence-electron chi connectivity index (χ0n) is 10.1. The van der Waals surface area contributed by atoms with Crippen LogP contribution in [0.2, 0.25) is 0 Å². The Balaban J connectivity index is 2.28. The summed E-state index contributed by atoms with van der Waals surface area (Å²) >= 11 is 3.09. The SMILES string of the molecule is O=S(=O)(c1ccccc1)n1ccc2cc(Br)c(F)cc21. The molecule has 3 nitrogen and oxygen atoms in total. The highest BCUT2D eigenvalue weighted by atomic mass is 79.9. The zero-order chi connectivity index (χ0) is 14.3. The third-order valence-electron chi connectivity index (χ3n) is 3.00. The van der Waals surface area contributed by atoms with E-state index in [0.717, 1.165) is 3.97 Å². The lowest BCUT2D eigenvalue weighted by molar-refractivity contribution is 0.589. The molecule has 0 spiro atoms. The summed E-state index contributed by atoms with van der Waals surface area (Å²) in [5, 5.41) is 0.651. The van der Waals surface area contributed by atoms with Gasteiger partial charge in [-0.3, -0.25) is 0 Å². The first-order valence-electron chi connectivity index (χ1n) is 5.77. The summed E-state index contributed by atoms with van der Waals surface area (Å²) in [6.45, 7) is 0. The lowest BCUT2D eigenvalue weighted by Gasteiger charge is -2.07. The average molecular weight is 354 g/mol. The van der Waals surface area contributed by atoms with Crippen molar-refractivity contribution in [3.63, 3.8) is 0 Å². The molecule has 0 atom stereocenters. The average Bonchev–Trinajstić information content (AvgIpc) is 2.84. The van der Waals surface area contributed by atoms with E-state index in [-0.39, 0.29) is 4.90 Å². The van der Waals surface area contributed by atoms with Gasteiger partial charge in [-0.1, -0.05) is 18.2 Å². The van der Waals surface area contributed by atoms with Gasteiger partial charge in [0.05, 0.1) is 14.9 Å². The lowest BCUT2D eigenvalue weighted by atomic mass is 10.2. The molecular formula is C14H9BrFNO2S. The van der Waals surface area contributed by atoms with Gasteiger partial charge in [0.25, 0.3) is 10.0 Å². The number of hydrogen-bond donors (Lipinski definition) is 0. The van der Waals surface area contributed by atoms with Crippen LogP contribution in [0.15, 0.2) is 64.1 Å². The molecule has 0 aliphatic heterocycles. The van der Waals surface area contributed by atoms with Crippen LogP contribution in [0.5, 0.6) is 0 Å². The van der Waals surface area contributed by atoms with Crippen molar-refractivity contribution in [3.05, 3.63) is 65.0 Å². The molecule has 0 aliphatic rings. The first kappa shape index (κ1) is 13.3. The van der Waals surface area contributed by atoms with E-state index in [9.17, 15) is 12.8 Å². The van der Waals surface area contributed by atoms with Crippen molar-refractivity contribution < 1.29 is 12.8 Å². The van der Waals surface area contributed by atoms with Crippen LogP contribution in [0.4, 0.5) is 4.39 Å². The van der Waals surface area contributed by atoms with Crippen LogP contribution in [-0.2, 0) is 10.0 Å². The fourth-order valence-corrected chi connectivity index (χ4v) is 3.75. The van der Waals surface area contributed by atoms with Crippen LogP contribution in [0.25, 0.3) is 10.9 Å². The summed E-state index contributed by atoms with van der Waals surface area (Å²) < 4.78 is 40.1. The summed E-state index contributed by atoms with van der Waals surface area (Å²) in [4.78, 5) is 0.167. The molecule has 6 heteroatoms. The number of hydrogen-bond acceptors (Lipinski definition) is 2. The molecule has 20 heavy (non-hydrogen) atoms. The summed E-state index contributed by atoms with van der Waals surface area (Å²) in [5.74, 6) is -0.499. The molecular weight excluding hydrogens is 345 g/mol. The first-order chi connectivity index (χ1) is 9.50. The third-order valence-corrected chi connectivity index (χ3v) is 5.31. The Hall–Kier alpha value is -1.66. The van der Waals surface area contributed by atoms with E-state index in [1.807, 2.05) is 0 Å². The van der Waals surface area contributed by atoms with Gasteiger partial charge >= 0.3 is 0 Å². The van der Waals surface area contributed by atoms with Gasteiger partial charge in [-0.05, 0) is 40.2 Å². The molecule has 0 fully saturated rings. The van der Waals surface area contributed by atoms with Gasteiger partial charge in [0, 0.05) is 17.6 Å². The molecule has 0 unspecified atom stereocenters. The van der Waals surface area contributed by atoms with Crippen LogP contribution in [0.1, 0.15) is 0 Å². The molecule has 0 saturated heterocycles. The molecule has 1 heterocycles. The lowest BCUT2D eigenvalue weighted by Crippen LogP contribution is -2.11. The molecule has 2 aromatic carbocycles. The quantitative estimate of drug-likeness (QED) is 0.703. The first-order valence-corrected chi connectivity index (χ1v) is 8.00. The highest BCUT2D eigenvalue weighted by molar-refractivity contribution is 9.10. The van der Waals surface area contributed by atoms with Crippen LogP contribution in [0, 0.1) is 5.82 Å². The second-order valence-electron chi connectivity index (χ2n) is 4.25. The Morgan fingerprint density at radius 1 is 1.05 bits per heavy atom.